The summed E-state index contributed by atoms with van der Waals surface area (Å²) in [5, 5.41) is 7.30. The van der Waals surface area contributed by atoms with Crippen LogP contribution in [0.3, 0.4) is 0 Å². The Kier molecular flexibility index (Phi) is 5.70. The SMILES string of the molecule is CC(=O)C1=NN(c2ccc(Cl)cc2)[C@@H](c2ccc(N(C)C)cc2)N1c1ccc(C)cc1. The molecular formula is C25H25ClN4O. The van der Waals surface area contributed by atoms with Crippen LogP contribution in [0.2, 0.25) is 5.02 Å². The Morgan fingerprint density at radius 2 is 1.48 bits per heavy atom. The molecule has 5 nitrogen and oxygen atoms in total. The first kappa shape index (κ1) is 20.9. The standard InChI is InChI=1S/C25H25ClN4O/c1-17-5-11-22(12-6-17)29-24(18(2)31)27-30(23-15-9-20(26)10-16-23)25(29)19-7-13-21(14-8-19)28(3)4/h5-16,25H,1-4H3/t25-/m0/s1. The van der Waals surface area contributed by atoms with Crippen molar-refractivity contribution >= 4 is 40.3 Å². The first-order valence-corrected chi connectivity index (χ1v) is 10.5. The molecule has 0 fully saturated rings. The number of amidine groups is 1. The summed E-state index contributed by atoms with van der Waals surface area (Å²) in [4.78, 5) is 16.7. The van der Waals surface area contributed by atoms with Gasteiger partial charge in [-0.2, -0.15) is 0 Å². The number of hydrogen-bond acceptors (Lipinski definition) is 5. The van der Waals surface area contributed by atoms with E-state index < -0.39 is 0 Å². The third-order valence-electron chi connectivity index (χ3n) is 5.33. The number of carbonyl (C=O) groups is 1. The van der Waals surface area contributed by atoms with E-state index in [1.165, 1.54) is 0 Å². The summed E-state index contributed by atoms with van der Waals surface area (Å²) in [6, 6.07) is 24.0. The van der Waals surface area contributed by atoms with Gasteiger partial charge in [0.15, 0.2) is 17.8 Å². The van der Waals surface area contributed by atoms with Gasteiger partial charge in [0.2, 0.25) is 0 Å². The molecule has 0 aromatic heterocycles. The van der Waals surface area contributed by atoms with Crippen molar-refractivity contribution in [3.63, 3.8) is 0 Å². The molecular weight excluding hydrogens is 408 g/mol. The summed E-state index contributed by atoms with van der Waals surface area (Å²) in [6.45, 7) is 3.60. The highest BCUT2D eigenvalue weighted by Gasteiger charge is 2.39. The third kappa shape index (κ3) is 4.14. The summed E-state index contributed by atoms with van der Waals surface area (Å²) in [5.41, 5.74) is 5.07. The van der Waals surface area contributed by atoms with Crippen LogP contribution >= 0.6 is 11.6 Å². The average Bonchev–Trinajstić information content (AvgIpc) is 3.16. The van der Waals surface area contributed by atoms with E-state index in [1.807, 2.05) is 79.5 Å². The fourth-order valence-electron chi connectivity index (χ4n) is 3.67. The van der Waals surface area contributed by atoms with Crippen molar-refractivity contribution < 1.29 is 4.79 Å². The summed E-state index contributed by atoms with van der Waals surface area (Å²) >= 11 is 6.11. The lowest BCUT2D eigenvalue weighted by molar-refractivity contribution is -0.111. The Bertz CT molecular complexity index is 1110. The van der Waals surface area contributed by atoms with Gasteiger partial charge >= 0.3 is 0 Å². The highest BCUT2D eigenvalue weighted by molar-refractivity contribution is 6.44. The van der Waals surface area contributed by atoms with Gasteiger partial charge in [-0.25, -0.2) is 5.01 Å². The number of benzene rings is 3. The van der Waals surface area contributed by atoms with Crippen LogP contribution in [0.4, 0.5) is 17.1 Å². The number of nitrogens with zero attached hydrogens (tertiary/aromatic N) is 4. The maximum atomic E-state index is 12.6. The van der Waals surface area contributed by atoms with E-state index in [0.717, 1.165) is 28.2 Å². The van der Waals surface area contributed by atoms with E-state index in [-0.39, 0.29) is 11.9 Å². The van der Waals surface area contributed by atoms with Crippen LogP contribution in [0.25, 0.3) is 0 Å². The minimum absolute atomic E-state index is 0.0908. The summed E-state index contributed by atoms with van der Waals surface area (Å²) in [7, 11) is 4.03. The van der Waals surface area contributed by atoms with Crippen LogP contribution in [0.1, 0.15) is 24.2 Å². The number of rotatable bonds is 5. The molecule has 6 heteroatoms. The van der Waals surface area contributed by atoms with E-state index in [1.54, 1.807) is 6.92 Å². The summed E-state index contributed by atoms with van der Waals surface area (Å²) in [5.74, 6) is 0.312. The molecule has 3 aromatic rings. The second-order valence-corrected chi connectivity index (χ2v) is 8.30. The average molecular weight is 433 g/mol. The van der Waals surface area contributed by atoms with Gasteiger partial charge in [0.05, 0.1) is 5.69 Å². The predicted octanol–water partition coefficient (Wildman–Crippen LogP) is 5.64. The highest BCUT2D eigenvalue weighted by atomic mass is 35.5. The number of aryl methyl sites for hydroxylation is 1. The lowest BCUT2D eigenvalue weighted by Crippen LogP contribution is -2.37. The number of halogens is 1. The van der Waals surface area contributed by atoms with Crippen molar-refractivity contribution in [3.05, 3.63) is 88.9 Å². The Labute approximate surface area is 188 Å². The van der Waals surface area contributed by atoms with Crippen LogP contribution in [-0.4, -0.2) is 25.7 Å². The van der Waals surface area contributed by atoms with Gasteiger partial charge in [0, 0.05) is 37.4 Å². The van der Waals surface area contributed by atoms with Crippen LogP contribution in [0, 0.1) is 6.92 Å². The van der Waals surface area contributed by atoms with E-state index in [9.17, 15) is 4.79 Å². The molecule has 1 aliphatic rings. The first-order valence-electron chi connectivity index (χ1n) is 10.1. The number of anilines is 3. The minimum Gasteiger partial charge on any atom is -0.378 e. The fourth-order valence-corrected chi connectivity index (χ4v) is 3.79. The largest absolute Gasteiger partial charge is 0.378 e. The predicted molar refractivity (Wildman–Crippen MR) is 129 cm³/mol. The number of hydrazone groups is 1. The Morgan fingerprint density at radius 1 is 0.903 bits per heavy atom. The van der Waals surface area contributed by atoms with Crippen LogP contribution in [-0.2, 0) is 4.79 Å². The van der Waals surface area contributed by atoms with Crippen molar-refractivity contribution in [3.8, 4) is 0 Å². The molecule has 4 rings (SSSR count). The van der Waals surface area contributed by atoms with E-state index in [2.05, 4.69) is 29.2 Å². The van der Waals surface area contributed by atoms with Crippen molar-refractivity contribution in [2.75, 3.05) is 28.9 Å². The lowest BCUT2D eigenvalue weighted by atomic mass is 10.1. The molecule has 1 atom stereocenters. The van der Waals surface area contributed by atoms with Gasteiger partial charge in [-0.3, -0.25) is 9.69 Å². The zero-order valence-electron chi connectivity index (χ0n) is 18.1. The van der Waals surface area contributed by atoms with Gasteiger partial charge in [-0.15, -0.1) is 5.10 Å². The second kappa shape index (κ2) is 8.44. The Hall–Kier alpha value is -3.31. The highest BCUT2D eigenvalue weighted by Crippen LogP contribution is 2.39. The molecule has 1 heterocycles. The summed E-state index contributed by atoms with van der Waals surface area (Å²) < 4.78 is 0. The number of Topliss-reactive ketones (excluding diaryl/α,β-unsaturated/α-hetero) is 1. The van der Waals surface area contributed by atoms with Crippen molar-refractivity contribution in [2.45, 2.75) is 20.0 Å². The van der Waals surface area contributed by atoms with Crippen LogP contribution in [0.5, 0.6) is 0 Å². The van der Waals surface area contributed by atoms with Crippen molar-refractivity contribution in [1.29, 1.82) is 0 Å². The van der Waals surface area contributed by atoms with E-state index >= 15 is 0 Å². The molecule has 0 N–H and O–H groups in total. The Balaban J connectivity index is 1.87. The summed E-state index contributed by atoms with van der Waals surface area (Å²) in [6.07, 6.45) is -0.306. The van der Waals surface area contributed by atoms with Gasteiger partial charge in [-0.1, -0.05) is 41.4 Å². The topological polar surface area (TPSA) is 39.2 Å². The monoisotopic (exact) mass is 432 g/mol. The molecule has 0 saturated heterocycles. The van der Waals surface area contributed by atoms with Gasteiger partial charge in [-0.05, 0) is 61.0 Å². The molecule has 0 aliphatic carbocycles. The molecule has 158 valence electrons. The smallest absolute Gasteiger partial charge is 0.198 e. The molecule has 0 radical (unpaired) electrons. The minimum atomic E-state index is -0.306. The molecule has 0 unspecified atom stereocenters. The first-order chi connectivity index (χ1) is 14.8. The maximum absolute atomic E-state index is 12.6. The zero-order valence-corrected chi connectivity index (χ0v) is 18.8. The van der Waals surface area contributed by atoms with E-state index in [0.29, 0.717) is 10.9 Å². The third-order valence-corrected chi connectivity index (χ3v) is 5.58. The number of ketones is 1. The molecule has 0 saturated carbocycles. The van der Waals surface area contributed by atoms with E-state index in [4.69, 9.17) is 16.7 Å². The Morgan fingerprint density at radius 3 is 2.03 bits per heavy atom. The van der Waals surface area contributed by atoms with Crippen LogP contribution < -0.4 is 14.8 Å². The molecule has 0 spiro atoms. The molecule has 3 aromatic carbocycles. The lowest BCUT2D eigenvalue weighted by Gasteiger charge is -2.32. The van der Waals surface area contributed by atoms with Crippen molar-refractivity contribution in [2.24, 2.45) is 5.10 Å². The fraction of sp³-hybridized carbons (Fsp3) is 0.200. The zero-order chi connectivity index (χ0) is 22.1. The molecule has 31 heavy (non-hydrogen) atoms. The molecule has 0 bridgehead atoms. The number of hydrogen-bond donors (Lipinski definition) is 0. The van der Waals surface area contributed by atoms with Gasteiger partial charge in [0.1, 0.15) is 0 Å². The van der Waals surface area contributed by atoms with Crippen LogP contribution in [0.15, 0.2) is 77.9 Å². The molecule has 1 aliphatic heterocycles. The normalized spacial score (nSPS) is 15.8. The van der Waals surface area contributed by atoms with Crippen molar-refractivity contribution in [1.82, 2.24) is 0 Å². The quantitative estimate of drug-likeness (QED) is 0.522. The molecule has 0 amide bonds. The maximum Gasteiger partial charge on any atom is 0.198 e. The van der Waals surface area contributed by atoms with Gasteiger partial charge < -0.3 is 4.90 Å². The second-order valence-electron chi connectivity index (χ2n) is 7.87. The van der Waals surface area contributed by atoms with Gasteiger partial charge in [0.25, 0.3) is 0 Å². The number of carbonyl (C=O) groups excluding carboxylic acids is 1.